The Balaban J connectivity index is 1.12. The van der Waals surface area contributed by atoms with Crippen LogP contribution in [0.5, 0.6) is 5.75 Å². The summed E-state index contributed by atoms with van der Waals surface area (Å²) in [5.74, 6) is 1.79. The first-order valence-corrected chi connectivity index (χ1v) is 15.8. The minimum absolute atomic E-state index is 0.103. The molecule has 0 spiro atoms. The third-order valence-corrected chi connectivity index (χ3v) is 10.2. The SMILES string of the molecule is C=CCc1cc(/C=C2\C(=O)NC(=O)N(c3ccc(C45CC6CC(CC(C6)C4)C5)cc3)C2=O)ccc1OCc1ccc(Cl)cc1. The van der Waals surface area contributed by atoms with Gasteiger partial charge < -0.3 is 4.74 Å². The number of amides is 4. The van der Waals surface area contributed by atoms with Crippen LogP contribution in [0.4, 0.5) is 10.5 Å². The number of benzene rings is 3. The number of urea groups is 1. The molecule has 1 aliphatic heterocycles. The van der Waals surface area contributed by atoms with Crippen molar-refractivity contribution in [1.82, 2.24) is 5.32 Å². The van der Waals surface area contributed by atoms with E-state index in [9.17, 15) is 14.4 Å². The zero-order valence-corrected chi connectivity index (χ0v) is 25.3. The third kappa shape index (κ3) is 5.36. The zero-order valence-electron chi connectivity index (χ0n) is 24.6. The lowest BCUT2D eigenvalue weighted by molar-refractivity contribution is -0.122. The van der Waals surface area contributed by atoms with Crippen LogP contribution in [0.25, 0.3) is 6.08 Å². The standard InChI is InChI=1S/C37H35ClN2O4/c1-2-3-28-17-24(6-13-33(28)44-22-23-4-9-30(38)10-5-23)18-32-34(41)39-36(43)40(35(32)42)31-11-7-29(8-12-31)37-19-25-14-26(20-37)16-27(15-25)21-37/h2,4-13,17-18,25-27H,1,3,14-16,19-22H2,(H,39,41,43)/b32-18+. The third-order valence-electron chi connectivity index (χ3n) is 9.95. The summed E-state index contributed by atoms with van der Waals surface area (Å²) in [4.78, 5) is 40.5. The molecule has 224 valence electrons. The smallest absolute Gasteiger partial charge is 0.335 e. The molecule has 0 atom stereocenters. The average Bonchev–Trinajstić information content (AvgIpc) is 2.99. The number of hydrogen-bond acceptors (Lipinski definition) is 4. The van der Waals surface area contributed by atoms with Crippen LogP contribution in [-0.2, 0) is 28.0 Å². The molecular formula is C37H35ClN2O4. The van der Waals surface area contributed by atoms with Gasteiger partial charge >= 0.3 is 6.03 Å². The highest BCUT2D eigenvalue weighted by molar-refractivity contribution is 6.39. The molecule has 7 heteroatoms. The topological polar surface area (TPSA) is 75.7 Å². The van der Waals surface area contributed by atoms with Gasteiger partial charge in [0.1, 0.15) is 17.9 Å². The van der Waals surface area contributed by atoms with Gasteiger partial charge in [0.15, 0.2) is 0 Å². The number of carbonyl (C=O) groups excluding carboxylic acids is 3. The van der Waals surface area contributed by atoms with E-state index in [0.717, 1.165) is 33.8 Å². The van der Waals surface area contributed by atoms with Gasteiger partial charge in [-0.1, -0.05) is 48.0 Å². The van der Waals surface area contributed by atoms with E-state index in [-0.39, 0.29) is 11.0 Å². The highest BCUT2D eigenvalue weighted by Crippen LogP contribution is 2.60. The van der Waals surface area contributed by atoms with Crippen molar-refractivity contribution in [2.24, 2.45) is 17.8 Å². The Morgan fingerprint density at radius 1 is 0.909 bits per heavy atom. The van der Waals surface area contributed by atoms with Crippen molar-refractivity contribution in [3.05, 3.63) is 112 Å². The lowest BCUT2D eigenvalue weighted by Gasteiger charge is -2.57. The molecule has 1 heterocycles. The van der Waals surface area contributed by atoms with E-state index in [1.165, 1.54) is 50.2 Å². The molecule has 4 bridgehead atoms. The van der Waals surface area contributed by atoms with Crippen molar-refractivity contribution in [3.63, 3.8) is 0 Å². The fourth-order valence-electron chi connectivity index (χ4n) is 8.37. The second kappa shape index (κ2) is 11.4. The molecule has 5 aliphatic rings. The molecule has 4 saturated carbocycles. The summed E-state index contributed by atoms with van der Waals surface area (Å²) in [6.07, 6.45) is 11.7. The molecular weight excluding hydrogens is 572 g/mol. The quantitative estimate of drug-likeness (QED) is 0.161. The molecule has 4 aliphatic carbocycles. The predicted molar refractivity (Wildman–Crippen MR) is 171 cm³/mol. The number of rotatable bonds is 8. The molecule has 0 unspecified atom stereocenters. The van der Waals surface area contributed by atoms with E-state index < -0.39 is 17.8 Å². The molecule has 5 fully saturated rings. The maximum Gasteiger partial charge on any atom is 0.335 e. The number of ether oxygens (including phenoxy) is 1. The van der Waals surface area contributed by atoms with Gasteiger partial charge in [-0.25, -0.2) is 9.69 Å². The summed E-state index contributed by atoms with van der Waals surface area (Å²) in [5, 5.41) is 3.02. The van der Waals surface area contributed by atoms with Crippen molar-refractivity contribution in [3.8, 4) is 5.75 Å². The summed E-state index contributed by atoms with van der Waals surface area (Å²) in [7, 11) is 0. The zero-order chi connectivity index (χ0) is 30.4. The van der Waals surface area contributed by atoms with E-state index in [1.807, 2.05) is 48.5 Å². The minimum Gasteiger partial charge on any atom is -0.489 e. The van der Waals surface area contributed by atoms with Gasteiger partial charge in [-0.05, 0) is 133 Å². The van der Waals surface area contributed by atoms with Crippen LogP contribution in [0.3, 0.4) is 0 Å². The number of hydrogen-bond donors (Lipinski definition) is 1. The maximum absolute atomic E-state index is 13.6. The number of allylic oxidation sites excluding steroid dienone is 1. The summed E-state index contributed by atoms with van der Waals surface area (Å²) >= 11 is 5.99. The number of nitrogens with zero attached hydrogens (tertiary/aromatic N) is 1. The van der Waals surface area contributed by atoms with Crippen molar-refractivity contribution >= 4 is 41.2 Å². The average molecular weight is 607 g/mol. The van der Waals surface area contributed by atoms with Crippen LogP contribution in [0.1, 0.15) is 60.8 Å². The van der Waals surface area contributed by atoms with Gasteiger partial charge in [0, 0.05) is 5.02 Å². The molecule has 1 saturated heterocycles. The number of barbiturate groups is 1. The predicted octanol–water partition coefficient (Wildman–Crippen LogP) is 7.78. The van der Waals surface area contributed by atoms with Gasteiger partial charge in [0.2, 0.25) is 0 Å². The van der Waals surface area contributed by atoms with E-state index in [2.05, 4.69) is 24.0 Å². The van der Waals surface area contributed by atoms with E-state index in [4.69, 9.17) is 16.3 Å². The molecule has 44 heavy (non-hydrogen) atoms. The Hall–Kier alpha value is -4.16. The van der Waals surface area contributed by atoms with Gasteiger partial charge in [-0.15, -0.1) is 6.58 Å². The minimum atomic E-state index is -0.738. The van der Waals surface area contributed by atoms with Crippen LogP contribution < -0.4 is 15.0 Å². The highest BCUT2D eigenvalue weighted by atomic mass is 35.5. The second-order valence-corrected chi connectivity index (χ2v) is 13.4. The highest BCUT2D eigenvalue weighted by Gasteiger charge is 2.51. The Labute approximate surface area is 262 Å². The molecule has 3 aromatic rings. The molecule has 6 nitrogen and oxygen atoms in total. The fourth-order valence-corrected chi connectivity index (χ4v) is 8.50. The van der Waals surface area contributed by atoms with Crippen LogP contribution in [0, 0.1) is 17.8 Å². The fraction of sp³-hybridized carbons (Fsp3) is 0.324. The number of carbonyl (C=O) groups is 3. The van der Waals surface area contributed by atoms with Crippen LogP contribution >= 0.6 is 11.6 Å². The Bertz CT molecular complexity index is 1640. The Kier molecular flexibility index (Phi) is 7.41. The number of imide groups is 2. The van der Waals surface area contributed by atoms with Gasteiger partial charge in [-0.3, -0.25) is 14.9 Å². The van der Waals surface area contributed by atoms with Crippen molar-refractivity contribution in [2.45, 2.75) is 57.0 Å². The van der Waals surface area contributed by atoms with Crippen LogP contribution in [0.15, 0.2) is 85.0 Å². The lowest BCUT2D eigenvalue weighted by Crippen LogP contribution is -2.54. The Morgan fingerprint density at radius 2 is 1.57 bits per heavy atom. The summed E-state index contributed by atoms with van der Waals surface area (Å²) in [6.45, 7) is 4.22. The monoisotopic (exact) mass is 606 g/mol. The number of halogens is 1. The number of nitrogens with one attached hydrogen (secondary N) is 1. The van der Waals surface area contributed by atoms with Gasteiger partial charge in [0.05, 0.1) is 5.69 Å². The molecule has 1 N–H and O–H groups in total. The largest absolute Gasteiger partial charge is 0.489 e. The molecule has 4 amide bonds. The maximum atomic E-state index is 13.6. The summed E-state index contributed by atoms with van der Waals surface area (Å²) in [5.41, 5.74) is 4.37. The van der Waals surface area contributed by atoms with Crippen molar-refractivity contribution in [2.75, 3.05) is 4.90 Å². The molecule has 3 aromatic carbocycles. The first kappa shape index (κ1) is 28.6. The van der Waals surface area contributed by atoms with E-state index >= 15 is 0 Å². The van der Waals surface area contributed by atoms with Crippen LogP contribution in [0.2, 0.25) is 5.02 Å². The van der Waals surface area contributed by atoms with Gasteiger partial charge in [0.25, 0.3) is 11.8 Å². The van der Waals surface area contributed by atoms with Crippen molar-refractivity contribution < 1.29 is 19.1 Å². The number of anilines is 1. The van der Waals surface area contributed by atoms with E-state index in [1.54, 1.807) is 12.1 Å². The first-order chi connectivity index (χ1) is 21.3. The summed E-state index contributed by atoms with van der Waals surface area (Å²) < 4.78 is 6.07. The van der Waals surface area contributed by atoms with E-state index in [0.29, 0.717) is 35.1 Å². The molecule has 8 rings (SSSR count). The lowest BCUT2D eigenvalue weighted by atomic mass is 9.48. The summed E-state index contributed by atoms with van der Waals surface area (Å²) in [6, 6.07) is 20.1. The molecule has 0 aromatic heterocycles. The second-order valence-electron chi connectivity index (χ2n) is 13.0. The van der Waals surface area contributed by atoms with Crippen LogP contribution in [-0.4, -0.2) is 17.8 Å². The first-order valence-electron chi connectivity index (χ1n) is 15.4. The normalized spacial score (nSPS) is 26.7. The van der Waals surface area contributed by atoms with Gasteiger partial charge in [-0.2, -0.15) is 0 Å². The van der Waals surface area contributed by atoms with Crippen molar-refractivity contribution in [1.29, 1.82) is 0 Å². The Morgan fingerprint density at radius 3 is 2.20 bits per heavy atom. The molecule has 0 radical (unpaired) electrons.